The first-order valence-corrected chi connectivity index (χ1v) is 10.9. The Bertz CT molecular complexity index is 433. The highest BCUT2D eigenvalue weighted by Crippen LogP contribution is 2.35. The molecule has 0 bridgehead atoms. The minimum atomic E-state index is -0.230. The average Bonchev–Trinajstić information content (AvgIpc) is 2.64. The SMILES string of the molecule is CCCC(C)(CCC(C)CC)C(=O)N/C(=C(\C)CC)C1CCCCC1. The van der Waals surface area contributed by atoms with E-state index in [1.165, 1.54) is 49.8 Å². The van der Waals surface area contributed by atoms with E-state index in [1.54, 1.807) is 0 Å². The Morgan fingerprint density at radius 2 is 1.76 bits per heavy atom. The van der Waals surface area contributed by atoms with E-state index in [9.17, 15) is 4.79 Å². The zero-order valence-corrected chi connectivity index (χ0v) is 17.8. The van der Waals surface area contributed by atoms with E-state index in [1.807, 2.05) is 0 Å². The Hall–Kier alpha value is -0.790. The minimum absolute atomic E-state index is 0.230. The number of amides is 1. The van der Waals surface area contributed by atoms with Crippen molar-refractivity contribution >= 4 is 5.91 Å². The van der Waals surface area contributed by atoms with Crippen molar-refractivity contribution in [3.63, 3.8) is 0 Å². The lowest BCUT2D eigenvalue weighted by molar-refractivity contribution is -0.130. The molecular weight excluding hydrogens is 306 g/mol. The zero-order chi connectivity index (χ0) is 18.9. The molecule has 146 valence electrons. The number of hydrogen-bond acceptors (Lipinski definition) is 1. The van der Waals surface area contributed by atoms with E-state index >= 15 is 0 Å². The van der Waals surface area contributed by atoms with Crippen molar-refractivity contribution in [1.82, 2.24) is 5.32 Å². The molecule has 0 saturated heterocycles. The maximum atomic E-state index is 13.3. The van der Waals surface area contributed by atoms with Gasteiger partial charge in [-0.1, -0.05) is 72.3 Å². The van der Waals surface area contributed by atoms with Gasteiger partial charge in [-0.25, -0.2) is 0 Å². The van der Waals surface area contributed by atoms with Crippen molar-refractivity contribution in [2.45, 2.75) is 112 Å². The molecule has 2 unspecified atom stereocenters. The molecule has 1 amide bonds. The molecule has 1 aliphatic rings. The summed E-state index contributed by atoms with van der Waals surface area (Å²) in [6.45, 7) is 13.4. The van der Waals surface area contributed by atoms with Crippen LogP contribution in [-0.4, -0.2) is 5.91 Å². The van der Waals surface area contributed by atoms with Crippen LogP contribution in [0.2, 0.25) is 0 Å². The van der Waals surface area contributed by atoms with Gasteiger partial charge in [-0.3, -0.25) is 4.79 Å². The summed E-state index contributed by atoms with van der Waals surface area (Å²) < 4.78 is 0. The zero-order valence-electron chi connectivity index (χ0n) is 17.8. The third-order valence-electron chi connectivity index (χ3n) is 6.49. The number of rotatable bonds is 10. The third kappa shape index (κ3) is 6.79. The fourth-order valence-electron chi connectivity index (χ4n) is 4.09. The van der Waals surface area contributed by atoms with Gasteiger partial charge >= 0.3 is 0 Å². The van der Waals surface area contributed by atoms with E-state index in [0.29, 0.717) is 11.8 Å². The molecule has 0 aliphatic heterocycles. The van der Waals surface area contributed by atoms with Gasteiger partial charge in [-0.05, 0) is 57.3 Å². The molecule has 2 nitrogen and oxygen atoms in total. The second-order valence-electron chi connectivity index (χ2n) is 8.70. The molecule has 1 saturated carbocycles. The molecule has 2 heteroatoms. The summed E-state index contributed by atoms with van der Waals surface area (Å²) in [5, 5.41) is 3.45. The Labute approximate surface area is 157 Å². The summed E-state index contributed by atoms with van der Waals surface area (Å²) in [6, 6.07) is 0. The first-order chi connectivity index (χ1) is 11.9. The molecule has 1 aliphatic carbocycles. The number of nitrogens with one attached hydrogen (secondary N) is 1. The second kappa shape index (κ2) is 11.0. The second-order valence-corrected chi connectivity index (χ2v) is 8.70. The lowest BCUT2D eigenvalue weighted by Crippen LogP contribution is -2.41. The molecular formula is C23H43NO. The molecule has 0 aromatic carbocycles. The highest BCUT2D eigenvalue weighted by Gasteiger charge is 2.34. The van der Waals surface area contributed by atoms with Crippen LogP contribution in [-0.2, 0) is 4.79 Å². The van der Waals surface area contributed by atoms with Crippen LogP contribution in [0.4, 0.5) is 0 Å². The molecule has 0 spiro atoms. The van der Waals surface area contributed by atoms with Crippen LogP contribution in [0.15, 0.2) is 11.3 Å². The lowest BCUT2D eigenvalue weighted by Gasteiger charge is -2.33. The summed E-state index contributed by atoms with van der Waals surface area (Å²) in [7, 11) is 0. The predicted octanol–water partition coefficient (Wildman–Crippen LogP) is 7.00. The summed E-state index contributed by atoms with van der Waals surface area (Å²) in [6.07, 6.45) is 12.9. The van der Waals surface area contributed by atoms with Crippen molar-refractivity contribution in [2.75, 3.05) is 0 Å². The van der Waals surface area contributed by atoms with Gasteiger partial charge in [0.05, 0.1) is 0 Å². The van der Waals surface area contributed by atoms with Crippen molar-refractivity contribution in [3.8, 4) is 0 Å². The molecule has 0 radical (unpaired) electrons. The predicted molar refractivity (Wildman–Crippen MR) is 109 cm³/mol. The third-order valence-corrected chi connectivity index (χ3v) is 6.49. The maximum absolute atomic E-state index is 13.3. The van der Waals surface area contributed by atoms with E-state index < -0.39 is 0 Å². The summed E-state index contributed by atoms with van der Waals surface area (Å²) in [5.74, 6) is 1.54. The van der Waals surface area contributed by atoms with Crippen LogP contribution in [0.1, 0.15) is 112 Å². The van der Waals surface area contributed by atoms with Crippen molar-refractivity contribution in [1.29, 1.82) is 0 Å². The number of allylic oxidation sites excluding steroid dienone is 2. The molecule has 1 rings (SSSR count). The normalized spacial score (nSPS) is 20.6. The fourth-order valence-corrected chi connectivity index (χ4v) is 4.09. The largest absolute Gasteiger partial charge is 0.329 e. The molecule has 2 atom stereocenters. The quantitative estimate of drug-likeness (QED) is 0.452. The first-order valence-electron chi connectivity index (χ1n) is 10.9. The van der Waals surface area contributed by atoms with Crippen LogP contribution >= 0.6 is 0 Å². The van der Waals surface area contributed by atoms with Crippen LogP contribution in [0.5, 0.6) is 0 Å². The topological polar surface area (TPSA) is 29.1 Å². The van der Waals surface area contributed by atoms with Gasteiger partial charge in [0.15, 0.2) is 0 Å². The van der Waals surface area contributed by atoms with E-state index in [2.05, 4.69) is 46.9 Å². The summed E-state index contributed by atoms with van der Waals surface area (Å²) >= 11 is 0. The first kappa shape index (κ1) is 22.3. The van der Waals surface area contributed by atoms with E-state index in [4.69, 9.17) is 0 Å². The molecule has 0 aromatic rings. The van der Waals surface area contributed by atoms with Crippen molar-refractivity contribution < 1.29 is 4.79 Å². The van der Waals surface area contributed by atoms with Gasteiger partial charge in [-0.2, -0.15) is 0 Å². The van der Waals surface area contributed by atoms with Crippen molar-refractivity contribution in [3.05, 3.63) is 11.3 Å². The summed E-state index contributed by atoms with van der Waals surface area (Å²) in [5.41, 5.74) is 2.41. The van der Waals surface area contributed by atoms with E-state index in [-0.39, 0.29) is 11.3 Å². The molecule has 25 heavy (non-hydrogen) atoms. The van der Waals surface area contributed by atoms with Crippen LogP contribution in [0.25, 0.3) is 0 Å². The Balaban J connectivity index is 2.89. The van der Waals surface area contributed by atoms with Gasteiger partial charge in [0.2, 0.25) is 5.91 Å². The van der Waals surface area contributed by atoms with Gasteiger partial charge in [-0.15, -0.1) is 0 Å². The Morgan fingerprint density at radius 3 is 2.28 bits per heavy atom. The van der Waals surface area contributed by atoms with Crippen LogP contribution in [0, 0.1) is 17.3 Å². The van der Waals surface area contributed by atoms with Gasteiger partial charge in [0.1, 0.15) is 0 Å². The number of carbonyl (C=O) groups excluding carboxylic acids is 1. The van der Waals surface area contributed by atoms with Gasteiger partial charge in [0.25, 0.3) is 0 Å². The minimum Gasteiger partial charge on any atom is -0.329 e. The highest BCUT2D eigenvalue weighted by atomic mass is 16.2. The standard InChI is InChI=1S/C23H43NO/c1-7-16-23(6,17-15-18(4)8-2)22(25)24-21(19(5)9-3)20-13-11-10-12-14-20/h18,20H,7-17H2,1-6H3,(H,24,25)/b21-19+. The lowest BCUT2D eigenvalue weighted by atomic mass is 9.77. The smallest absolute Gasteiger partial charge is 0.230 e. The van der Waals surface area contributed by atoms with Gasteiger partial charge in [0, 0.05) is 11.1 Å². The van der Waals surface area contributed by atoms with Crippen LogP contribution in [0.3, 0.4) is 0 Å². The molecule has 0 heterocycles. The monoisotopic (exact) mass is 349 g/mol. The Morgan fingerprint density at radius 1 is 1.12 bits per heavy atom. The average molecular weight is 350 g/mol. The number of hydrogen-bond donors (Lipinski definition) is 1. The van der Waals surface area contributed by atoms with Crippen molar-refractivity contribution in [2.24, 2.45) is 17.3 Å². The molecule has 0 aromatic heterocycles. The van der Waals surface area contributed by atoms with Gasteiger partial charge < -0.3 is 5.32 Å². The number of carbonyl (C=O) groups is 1. The molecule has 1 N–H and O–H groups in total. The summed E-state index contributed by atoms with van der Waals surface area (Å²) in [4.78, 5) is 13.3. The van der Waals surface area contributed by atoms with E-state index in [0.717, 1.165) is 32.1 Å². The fraction of sp³-hybridized carbons (Fsp3) is 0.870. The Kier molecular flexibility index (Phi) is 9.82. The maximum Gasteiger partial charge on any atom is 0.230 e. The van der Waals surface area contributed by atoms with Crippen LogP contribution < -0.4 is 5.32 Å². The highest BCUT2D eigenvalue weighted by molar-refractivity contribution is 5.83. The molecule has 1 fully saturated rings.